The Kier molecular flexibility index (Phi) is 8.27. The van der Waals surface area contributed by atoms with Gasteiger partial charge < -0.3 is 4.98 Å². The van der Waals surface area contributed by atoms with Crippen molar-refractivity contribution in [1.29, 1.82) is 0 Å². The normalized spacial score (nSPS) is 9.94. The number of aryl methyl sites for hydroxylation is 2. The second-order valence-electron chi connectivity index (χ2n) is 7.18. The molecule has 1 radical (unpaired) electrons. The molecule has 0 atom stereocenters. The van der Waals surface area contributed by atoms with Gasteiger partial charge in [0.15, 0.2) is 0 Å². The van der Waals surface area contributed by atoms with Gasteiger partial charge in [0.1, 0.15) is 0 Å². The maximum atomic E-state index is 4.43. The van der Waals surface area contributed by atoms with Crippen LogP contribution in [0, 0.1) is 26.0 Å². The van der Waals surface area contributed by atoms with E-state index in [1.807, 2.05) is 77.6 Å². The van der Waals surface area contributed by atoms with E-state index in [2.05, 4.69) is 60.5 Å². The molecular weight excluding hydrogens is 571 g/mol. The Hall–Kier alpha value is -3.33. The molecule has 0 aliphatic heterocycles. The van der Waals surface area contributed by atoms with E-state index in [1.54, 1.807) is 6.20 Å². The summed E-state index contributed by atoms with van der Waals surface area (Å²) in [4.78, 5) is 4.22. The van der Waals surface area contributed by atoms with Crippen molar-refractivity contribution in [3.63, 3.8) is 0 Å². The summed E-state index contributed by atoms with van der Waals surface area (Å²) in [5, 5.41) is 4.43. The third kappa shape index (κ3) is 5.67. The van der Waals surface area contributed by atoms with Crippen LogP contribution in [0.4, 0.5) is 0 Å². The van der Waals surface area contributed by atoms with Gasteiger partial charge in [0, 0.05) is 38.1 Å². The Labute approximate surface area is 203 Å². The van der Waals surface area contributed by atoms with Crippen molar-refractivity contribution in [1.82, 2.24) is 14.8 Å². The third-order valence-electron chi connectivity index (χ3n) is 4.94. The van der Waals surface area contributed by atoms with Gasteiger partial charge in [-0.05, 0) is 48.0 Å². The van der Waals surface area contributed by atoms with Gasteiger partial charge in [-0.1, -0.05) is 30.3 Å². The number of rotatable bonds is 3. The first-order chi connectivity index (χ1) is 15.2. The standard InChI is InChI=1S/C17H15N2.C11H8N.Ir/c1-13-7-6-8-14(2)17(13)15-11-18-19(12-15)16-9-4-3-5-10-16;1-2-6-10(7-3-1)11-8-4-5-9-12-11;/h3-9,11-12H,1-2H3;1-6,8-9H;/q2*-1;. The van der Waals surface area contributed by atoms with Gasteiger partial charge in [0.25, 0.3) is 0 Å². The summed E-state index contributed by atoms with van der Waals surface area (Å²) in [5.41, 5.74) is 7.93. The number of hydrogen-bond donors (Lipinski definition) is 0. The van der Waals surface area contributed by atoms with Crippen molar-refractivity contribution in [3.8, 4) is 28.1 Å². The molecule has 0 aliphatic rings. The number of aromatic nitrogens is 3. The zero-order valence-electron chi connectivity index (χ0n) is 18.0. The minimum atomic E-state index is 0. The van der Waals surface area contributed by atoms with E-state index >= 15 is 0 Å². The summed E-state index contributed by atoms with van der Waals surface area (Å²) < 4.78 is 1.86. The summed E-state index contributed by atoms with van der Waals surface area (Å²) >= 11 is 0. The number of pyridine rings is 1. The fraction of sp³-hybridized carbons (Fsp3) is 0.0714. The van der Waals surface area contributed by atoms with Gasteiger partial charge in [-0.3, -0.25) is 4.68 Å². The number of nitrogens with zero attached hydrogens (tertiary/aromatic N) is 3. The quantitative estimate of drug-likeness (QED) is 0.224. The molecular formula is C28H23IrN3-2. The average molecular weight is 594 g/mol. The van der Waals surface area contributed by atoms with Gasteiger partial charge in [-0.2, -0.15) is 29.4 Å². The molecule has 5 rings (SSSR count). The molecule has 4 heteroatoms. The van der Waals surface area contributed by atoms with Gasteiger partial charge in [0.05, 0.1) is 6.20 Å². The Balaban J connectivity index is 0.000000193. The molecule has 2 heterocycles. The first kappa shape index (κ1) is 23.3. The van der Waals surface area contributed by atoms with E-state index in [9.17, 15) is 0 Å². The molecule has 0 saturated carbocycles. The third-order valence-corrected chi connectivity index (χ3v) is 4.94. The summed E-state index contributed by atoms with van der Waals surface area (Å²) in [6.45, 7) is 4.27. The van der Waals surface area contributed by atoms with E-state index in [-0.39, 0.29) is 20.1 Å². The van der Waals surface area contributed by atoms with E-state index < -0.39 is 0 Å². The topological polar surface area (TPSA) is 30.7 Å². The van der Waals surface area contributed by atoms with E-state index in [4.69, 9.17) is 0 Å². The molecule has 3 aromatic carbocycles. The van der Waals surface area contributed by atoms with Crippen molar-refractivity contribution in [2.45, 2.75) is 13.8 Å². The minimum Gasteiger partial charge on any atom is -0.305 e. The van der Waals surface area contributed by atoms with Crippen LogP contribution in [0.3, 0.4) is 0 Å². The second-order valence-corrected chi connectivity index (χ2v) is 7.18. The molecule has 0 N–H and O–H groups in total. The zero-order valence-corrected chi connectivity index (χ0v) is 20.4. The number of para-hydroxylation sites is 1. The first-order valence-electron chi connectivity index (χ1n) is 10.2. The maximum Gasteiger partial charge on any atom is 0.0572 e. The van der Waals surface area contributed by atoms with Crippen LogP contribution in [0.5, 0.6) is 0 Å². The van der Waals surface area contributed by atoms with Gasteiger partial charge in [-0.25, -0.2) is 0 Å². The summed E-state index contributed by atoms with van der Waals surface area (Å²) in [6, 6.07) is 34.2. The average Bonchev–Trinajstić information content (AvgIpc) is 3.31. The summed E-state index contributed by atoms with van der Waals surface area (Å²) in [6.07, 6.45) is 5.76. The van der Waals surface area contributed by atoms with Crippen LogP contribution in [0.25, 0.3) is 28.1 Å². The first-order valence-corrected chi connectivity index (χ1v) is 10.2. The predicted octanol–water partition coefficient (Wildman–Crippen LogP) is 6.50. The molecule has 2 aromatic heterocycles. The van der Waals surface area contributed by atoms with Crippen LogP contribution in [0.2, 0.25) is 0 Å². The maximum absolute atomic E-state index is 4.43. The van der Waals surface area contributed by atoms with Gasteiger partial charge >= 0.3 is 0 Å². The van der Waals surface area contributed by atoms with Crippen LogP contribution in [0.15, 0.2) is 104 Å². The summed E-state index contributed by atoms with van der Waals surface area (Å²) in [5.74, 6) is 0. The van der Waals surface area contributed by atoms with Crippen molar-refractivity contribution >= 4 is 0 Å². The van der Waals surface area contributed by atoms with Crippen LogP contribution < -0.4 is 0 Å². The SMILES string of the molecule is Cc1cccc(C)c1-c1cnn(-c2[c-]cccc2)c1.[Ir].[c-]1ccccc1-c1ccccn1. The van der Waals surface area contributed by atoms with Crippen molar-refractivity contribution in [3.05, 3.63) is 127 Å². The monoisotopic (exact) mass is 594 g/mol. The van der Waals surface area contributed by atoms with Crippen LogP contribution in [-0.2, 0) is 20.1 Å². The molecule has 0 aliphatic carbocycles. The molecule has 3 nitrogen and oxygen atoms in total. The van der Waals surface area contributed by atoms with Gasteiger partial charge in [0.2, 0.25) is 0 Å². The predicted molar refractivity (Wildman–Crippen MR) is 126 cm³/mol. The molecule has 0 amide bonds. The zero-order chi connectivity index (χ0) is 21.5. The fourth-order valence-corrected chi connectivity index (χ4v) is 3.45. The molecule has 0 saturated heterocycles. The smallest absolute Gasteiger partial charge is 0.0572 e. The number of benzene rings is 3. The molecule has 0 bridgehead atoms. The fourth-order valence-electron chi connectivity index (χ4n) is 3.45. The van der Waals surface area contributed by atoms with Crippen molar-refractivity contribution in [2.24, 2.45) is 0 Å². The minimum absolute atomic E-state index is 0. The molecule has 0 spiro atoms. The Morgan fingerprint density at radius 3 is 2.09 bits per heavy atom. The molecule has 5 aromatic rings. The van der Waals surface area contributed by atoms with E-state index in [0.29, 0.717) is 0 Å². The Morgan fingerprint density at radius 1 is 0.750 bits per heavy atom. The van der Waals surface area contributed by atoms with Crippen LogP contribution in [0.1, 0.15) is 11.1 Å². The van der Waals surface area contributed by atoms with E-state index in [0.717, 1.165) is 22.5 Å². The van der Waals surface area contributed by atoms with Crippen molar-refractivity contribution in [2.75, 3.05) is 0 Å². The molecule has 0 fully saturated rings. The van der Waals surface area contributed by atoms with E-state index in [1.165, 1.54) is 16.7 Å². The van der Waals surface area contributed by atoms with Crippen molar-refractivity contribution < 1.29 is 20.1 Å². The Morgan fingerprint density at radius 2 is 1.47 bits per heavy atom. The second kappa shape index (κ2) is 11.3. The van der Waals surface area contributed by atoms with Crippen LogP contribution in [-0.4, -0.2) is 14.8 Å². The number of hydrogen-bond acceptors (Lipinski definition) is 2. The largest absolute Gasteiger partial charge is 0.305 e. The molecule has 0 unspecified atom stereocenters. The van der Waals surface area contributed by atoms with Crippen LogP contribution >= 0.6 is 0 Å². The Bertz CT molecular complexity index is 1180. The summed E-state index contributed by atoms with van der Waals surface area (Å²) in [7, 11) is 0. The van der Waals surface area contributed by atoms with Gasteiger partial charge in [-0.15, -0.1) is 42.0 Å². The molecule has 161 valence electrons. The molecule has 32 heavy (non-hydrogen) atoms.